The zero-order chi connectivity index (χ0) is 11.8. The molecule has 0 bridgehead atoms. The first-order valence-electron chi connectivity index (χ1n) is 5.71. The van der Waals surface area contributed by atoms with Gasteiger partial charge < -0.3 is 9.64 Å². The van der Waals surface area contributed by atoms with E-state index in [9.17, 15) is 9.18 Å². The SMILES string of the molecule is CC.CCOC(=O)N1CCC(C)C(F)C1. The lowest BCUT2D eigenvalue weighted by Crippen LogP contribution is -2.44. The van der Waals surface area contributed by atoms with Crippen LogP contribution in [0.1, 0.15) is 34.1 Å². The maximum atomic E-state index is 13.2. The van der Waals surface area contributed by atoms with Gasteiger partial charge in [0.25, 0.3) is 0 Å². The van der Waals surface area contributed by atoms with E-state index in [1.807, 2.05) is 20.8 Å². The van der Waals surface area contributed by atoms with Crippen molar-refractivity contribution in [2.45, 2.75) is 40.3 Å². The topological polar surface area (TPSA) is 29.5 Å². The van der Waals surface area contributed by atoms with Gasteiger partial charge in [-0.25, -0.2) is 9.18 Å². The van der Waals surface area contributed by atoms with Crippen LogP contribution in [0.5, 0.6) is 0 Å². The third-order valence-electron chi connectivity index (χ3n) is 2.39. The highest BCUT2D eigenvalue weighted by Crippen LogP contribution is 2.20. The Kier molecular flexibility index (Phi) is 7.09. The van der Waals surface area contributed by atoms with E-state index in [1.165, 1.54) is 4.90 Å². The highest BCUT2D eigenvalue weighted by atomic mass is 19.1. The molecule has 0 aromatic heterocycles. The van der Waals surface area contributed by atoms with Crippen LogP contribution in [0.15, 0.2) is 0 Å². The zero-order valence-electron chi connectivity index (χ0n) is 10.1. The minimum Gasteiger partial charge on any atom is -0.450 e. The molecule has 2 unspecified atom stereocenters. The molecule has 3 nitrogen and oxygen atoms in total. The molecular weight excluding hydrogens is 197 g/mol. The first-order valence-corrected chi connectivity index (χ1v) is 5.71. The van der Waals surface area contributed by atoms with Crippen molar-refractivity contribution >= 4 is 6.09 Å². The quantitative estimate of drug-likeness (QED) is 0.678. The molecule has 0 aromatic rings. The van der Waals surface area contributed by atoms with Crippen LogP contribution in [0.2, 0.25) is 0 Å². The minimum absolute atomic E-state index is 0.0608. The Morgan fingerprint density at radius 2 is 2.13 bits per heavy atom. The number of hydrogen-bond donors (Lipinski definition) is 0. The van der Waals surface area contributed by atoms with Crippen LogP contribution in [0.3, 0.4) is 0 Å². The maximum absolute atomic E-state index is 13.2. The average Bonchev–Trinajstić information content (AvgIpc) is 2.25. The first kappa shape index (κ1) is 14.2. The normalized spacial score (nSPS) is 25.3. The molecule has 0 N–H and O–H groups in total. The molecule has 4 heteroatoms. The number of alkyl halides is 1. The number of halogens is 1. The lowest BCUT2D eigenvalue weighted by atomic mass is 9.98. The van der Waals surface area contributed by atoms with Gasteiger partial charge in [-0.2, -0.15) is 0 Å². The number of likely N-dealkylation sites (tertiary alicyclic amines) is 1. The second-order valence-corrected chi connectivity index (χ2v) is 3.43. The summed E-state index contributed by atoms with van der Waals surface area (Å²) in [5.74, 6) is 0.0608. The second-order valence-electron chi connectivity index (χ2n) is 3.43. The summed E-state index contributed by atoms with van der Waals surface area (Å²) in [6.07, 6.45) is -0.574. The number of piperidine rings is 1. The summed E-state index contributed by atoms with van der Waals surface area (Å²) in [6.45, 7) is 8.76. The molecule has 0 aromatic carbocycles. The fraction of sp³-hybridized carbons (Fsp3) is 0.909. The van der Waals surface area contributed by atoms with Gasteiger partial charge in [0.05, 0.1) is 13.2 Å². The monoisotopic (exact) mass is 219 g/mol. The predicted molar refractivity (Wildman–Crippen MR) is 58.6 cm³/mol. The van der Waals surface area contributed by atoms with E-state index in [2.05, 4.69) is 0 Å². The lowest BCUT2D eigenvalue weighted by Gasteiger charge is -2.32. The summed E-state index contributed by atoms with van der Waals surface area (Å²) in [7, 11) is 0. The maximum Gasteiger partial charge on any atom is 0.409 e. The first-order chi connectivity index (χ1) is 7.15. The predicted octanol–water partition coefficient (Wildman–Crippen LogP) is 2.85. The standard InChI is InChI=1S/C9H16FNO2.C2H6/c1-3-13-9(12)11-5-4-7(2)8(10)6-11;1-2/h7-8H,3-6H2,1-2H3;1-2H3. The smallest absolute Gasteiger partial charge is 0.409 e. The summed E-state index contributed by atoms with van der Waals surface area (Å²) < 4.78 is 18.0. The Morgan fingerprint density at radius 3 is 2.60 bits per heavy atom. The molecule has 1 amide bonds. The molecule has 15 heavy (non-hydrogen) atoms. The fourth-order valence-corrected chi connectivity index (χ4v) is 1.40. The van der Waals surface area contributed by atoms with Crippen LogP contribution in [0, 0.1) is 5.92 Å². The molecule has 1 aliphatic rings. The van der Waals surface area contributed by atoms with E-state index in [0.717, 1.165) is 6.42 Å². The number of hydrogen-bond acceptors (Lipinski definition) is 2. The molecule has 0 saturated carbocycles. The zero-order valence-corrected chi connectivity index (χ0v) is 10.1. The summed E-state index contributed by atoms with van der Waals surface area (Å²) in [6, 6.07) is 0. The van der Waals surface area contributed by atoms with E-state index in [1.54, 1.807) is 6.92 Å². The Bertz CT molecular complexity index is 187. The highest BCUT2D eigenvalue weighted by molar-refractivity contribution is 5.67. The number of carbonyl (C=O) groups is 1. The summed E-state index contributed by atoms with van der Waals surface area (Å²) in [5, 5.41) is 0. The lowest BCUT2D eigenvalue weighted by molar-refractivity contribution is 0.0620. The Hall–Kier alpha value is -0.800. The van der Waals surface area contributed by atoms with Crippen molar-refractivity contribution in [3.8, 4) is 0 Å². The van der Waals surface area contributed by atoms with Crippen LogP contribution < -0.4 is 0 Å². The number of rotatable bonds is 1. The van der Waals surface area contributed by atoms with Crippen molar-refractivity contribution in [3.63, 3.8) is 0 Å². The van der Waals surface area contributed by atoms with Gasteiger partial charge in [-0.3, -0.25) is 0 Å². The van der Waals surface area contributed by atoms with E-state index >= 15 is 0 Å². The van der Waals surface area contributed by atoms with Crippen LogP contribution in [0.4, 0.5) is 9.18 Å². The van der Waals surface area contributed by atoms with E-state index in [-0.39, 0.29) is 12.5 Å². The number of carbonyl (C=O) groups excluding carboxylic acids is 1. The Morgan fingerprint density at radius 1 is 1.53 bits per heavy atom. The van der Waals surface area contributed by atoms with Crippen molar-refractivity contribution in [1.82, 2.24) is 4.90 Å². The fourth-order valence-electron chi connectivity index (χ4n) is 1.40. The van der Waals surface area contributed by atoms with Crippen molar-refractivity contribution in [2.24, 2.45) is 5.92 Å². The molecule has 1 heterocycles. The van der Waals surface area contributed by atoms with Gasteiger partial charge in [0.2, 0.25) is 0 Å². The van der Waals surface area contributed by atoms with Crippen LogP contribution >= 0.6 is 0 Å². The number of nitrogens with zero attached hydrogens (tertiary/aromatic N) is 1. The van der Waals surface area contributed by atoms with Crippen molar-refractivity contribution in [2.75, 3.05) is 19.7 Å². The molecule has 90 valence electrons. The molecule has 0 aliphatic carbocycles. The average molecular weight is 219 g/mol. The molecule has 0 spiro atoms. The summed E-state index contributed by atoms with van der Waals surface area (Å²) in [4.78, 5) is 12.6. The van der Waals surface area contributed by atoms with Crippen LogP contribution in [-0.4, -0.2) is 36.9 Å². The molecule has 0 radical (unpaired) electrons. The van der Waals surface area contributed by atoms with E-state index in [0.29, 0.717) is 13.2 Å². The largest absolute Gasteiger partial charge is 0.450 e. The second kappa shape index (κ2) is 7.49. The van der Waals surface area contributed by atoms with Crippen molar-refractivity contribution < 1.29 is 13.9 Å². The Labute approximate surface area is 91.6 Å². The van der Waals surface area contributed by atoms with Crippen molar-refractivity contribution in [1.29, 1.82) is 0 Å². The molecular formula is C11H22FNO2. The molecule has 1 fully saturated rings. The van der Waals surface area contributed by atoms with Gasteiger partial charge in [-0.05, 0) is 19.3 Å². The number of ether oxygens (including phenoxy) is 1. The minimum atomic E-state index is -0.904. The Balaban J connectivity index is 0.000000921. The van der Waals surface area contributed by atoms with Gasteiger partial charge in [0, 0.05) is 6.54 Å². The van der Waals surface area contributed by atoms with E-state index in [4.69, 9.17) is 4.74 Å². The van der Waals surface area contributed by atoms with Crippen LogP contribution in [0.25, 0.3) is 0 Å². The van der Waals surface area contributed by atoms with E-state index < -0.39 is 12.3 Å². The van der Waals surface area contributed by atoms with Crippen molar-refractivity contribution in [3.05, 3.63) is 0 Å². The molecule has 2 atom stereocenters. The molecule has 1 rings (SSSR count). The van der Waals surface area contributed by atoms with Gasteiger partial charge >= 0.3 is 6.09 Å². The molecule has 1 aliphatic heterocycles. The van der Waals surface area contributed by atoms with Gasteiger partial charge in [-0.1, -0.05) is 20.8 Å². The summed E-state index contributed by atoms with van der Waals surface area (Å²) >= 11 is 0. The van der Waals surface area contributed by atoms with Gasteiger partial charge in [0.15, 0.2) is 0 Å². The summed E-state index contributed by atoms with van der Waals surface area (Å²) in [5.41, 5.74) is 0. The van der Waals surface area contributed by atoms with Gasteiger partial charge in [-0.15, -0.1) is 0 Å². The highest BCUT2D eigenvalue weighted by Gasteiger charge is 2.29. The third-order valence-corrected chi connectivity index (χ3v) is 2.39. The number of amides is 1. The van der Waals surface area contributed by atoms with Gasteiger partial charge in [0.1, 0.15) is 6.17 Å². The molecule has 1 saturated heterocycles. The van der Waals surface area contributed by atoms with Crippen LogP contribution in [-0.2, 0) is 4.74 Å². The third kappa shape index (κ3) is 4.49.